The predicted molar refractivity (Wildman–Crippen MR) is 60.6 cm³/mol. The van der Waals surface area contributed by atoms with Crippen molar-refractivity contribution in [3.8, 4) is 6.07 Å². The van der Waals surface area contributed by atoms with E-state index in [1.165, 1.54) is 11.3 Å². The molecule has 0 saturated carbocycles. The molecule has 2 nitrogen and oxygen atoms in total. The molecule has 0 atom stereocenters. The van der Waals surface area contributed by atoms with Gasteiger partial charge in [0.25, 0.3) is 0 Å². The molecule has 0 radical (unpaired) electrons. The minimum Gasteiger partial charge on any atom is -0.243 e. The molecule has 0 N–H and O–H groups in total. The molecule has 0 aliphatic rings. The van der Waals surface area contributed by atoms with Gasteiger partial charge in [-0.05, 0) is 22.9 Å². The van der Waals surface area contributed by atoms with Gasteiger partial charge in [-0.3, -0.25) is 0 Å². The van der Waals surface area contributed by atoms with E-state index in [-0.39, 0.29) is 0 Å². The lowest BCUT2D eigenvalue weighted by Gasteiger charge is -1.85. The van der Waals surface area contributed by atoms with Gasteiger partial charge in [0.1, 0.15) is 11.1 Å². The van der Waals surface area contributed by atoms with Crippen LogP contribution in [0.15, 0.2) is 34.0 Å². The topological polar surface area (TPSA) is 36.1 Å². The summed E-state index contributed by atoms with van der Waals surface area (Å²) < 4.78 is 0. The maximum atomic E-state index is 8.75. The highest BCUT2D eigenvalue weighted by Crippen LogP contribution is 2.25. The number of hydrogen-bond donors (Lipinski definition) is 0. The van der Waals surface area contributed by atoms with E-state index < -0.39 is 0 Å². The molecule has 0 fully saturated rings. The van der Waals surface area contributed by atoms with Gasteiger partial charge in [0.05, 0.1) is 5.56 Å². The molecule has 2 rings (SSSR count). The van der Waals surface area contributed by atoms with Crippen LogP contribution in [0, 0.1) is 11.3 Å². The fourth-order valence-electron chi connectivity index (χ4n) is 0.973. The summed E-state index contributed by atoms with van der Waals surface area (Å²) >= 11 is 3.11. The highest BCUT2D eigenvalue weighted by molar-refractivity contribution is 7.14. The standard InChI is InChI=1S/C10H6N2S2/c11-6-8-3-5-14-10(8)12-7-9-2-1-4-13-9/h1-5,7H. The SMILES string of the molecule is N#Cc1ccsc1N=Cc1cccs1. The van der Waals surface area contributed by atoms with Crippen molar-refractivity contribution >= 4 is 33.9 Å². The van der Waals surface area contributed by atoms with Gasteiger partial charge in [-0.15, -0.1) is 22.7 Å². The van der Waals surface area contributed by atoms with E-state index >= 15 is 0 Å². The third kappa shape index (κ3) is 1.90. The molecule has 2 aromatic rings. The number of aliphatic imine (C=N–C) groups is 1. The second-order valence-corrected chi connectivity index (χ2v) is 4.40. The summed E-state index contributed by atoms with van der Waals surface area (Å²) in [5.74, 6) is 0. The molecule has 0 bridgehead atoms. The second kappa shape index (κ2) is 4.18. The van der Waals surface area contributed by atoms with Crippen LogP contribution in [0.5, 0.6) is 0 Å². The van der Waals surface area contributed by atoms with Crippen molar-refractivity contribution < 1.29 is 0 Å². The molecular weight excluding hydrogens is 212 g/mol. The Hall–Kier alpha value is -1.44. The van der Waals surface area contributed by atoms with E-state index in [0.29, 0.717) is 5.56 Å². The Morgan fingerprint density at radius 2 is 2.21 bits per heavy atom. The third-order valence-electron chi connectivity index (χ3n) is 1.62. The zero-order valence-electron chi connectivity index (χ0n) is 7.18. The predicted octanol–water partition coefficient (Wildman–Crippen LogP) is 3.43. The van der Waals surface area contributed by atoms with Crippen LogP contribution in [0.25, 0.3) is 0 Å². The molecule has 14 heavy (non-hydrogen) atoms. The first-order valence-corrected chi connectivity index (χ1v) is 5.71. The molecule has 2 heterocycles. The average Bonchev–Trinajstić information content (AvgIpc) is 2.85. The summed E-state index contributed by atoms with van der Waals surface area (Å²) in [6.07, 6.45) is 1.79. The molecule has 0 aliphatic heterocycles. The second-order valence-electron chi connectivity index (χ2n) is 2.52. The average molecular weight is 218 g/mol. The Morgan fingerprint density at radius 3 is 2.93 bits per heavy atom. The zero-order valence-corrected chi connectivity index (χ0v) is 8.81. The minimum absolute atomic E-state index is 0.641. The lowest BCUT2D eigenvalue weighted by Crippen LogP contribution is -1.71. The Bertz CT molecular complexity index is 474. The van der Waals surface area contributed by atoms with Crippen LogP contribution in [-0.2, 0) is 0 Å². The summed E-state index contributed by atoms with van der Waals surface area (Å²) in [6.45, 7) is 0. The molecule has 4 heteroatoms. The molecule has 68 valence electrons. The molecular formula is C10H6N2S2. The van der Waals surface area contributed by atoms with Crippen molar-refractivity contribution in [3.05, 3.63) is 39.4 Å². The fourth-order valence-corrected chi connectivity index (χ4v) is 2.25. The Morgan fingerprint density at radius 1 is 1.29 bits per heavy atom. The molecule has 0 spiro atoms. The van der Waals surface area contributed by atoms with Gasteiger partial charge in [0.2, 0.25) is 0 Å². The van der Waals surface area contributed by atoms with Crippen LogP contribution in [0.3, 0.4) is 0 Å². The van der Waals surface area contributed by atoms with E-state index in [1.807, 2.05) is 22.9 Å². The van der Waals surface area contributed by atoms with Crippen molar-refractivity contribution in [1.82, 2.24) is 0 Å². The van der Waals surface area contributed by atoms with Crippen LogP contribution < -0.4 is 0 Å². The highest BCUT2D eigenvalue weighted by Gasteiger charge is 1.99. The van der Waals surface area contributed by atoms with Crippen LogP contribution in [-0.4, -0.2) is 6.21 Å². The van der Waals surface area contributed by atoms with Crippen molar-refractivity contribution in [2.75, 3.05) is 0 Å². The van der Waals surface area contributed by atoms with Crippen LogP contribution >= 0.6 is 22.7 Å². The van der Waals surface area contributed by atoms with Crippen LogP contribution in [0.2, 0.25) is 0 Å². The number of nitrogens with zero attached hydrogens (tertiary/aromatic N) is 2. The number of nitriles is 1. The maximum absolute atomic E-state index is 8.75. The van der Waals surface area contributed by atoms with Gasteiger partial charge in [-0.2, -0.15) is 5.26 Å². The summed E-state index contributed by atoms with van der Waals surface area (Å²) in [6, 6.07) is 7.86. The molecule has 0 aromatic carbocycles. The lowest BCUT2D eigenvalue weighted by atomic mass is 10.3. The molecule has 0 amide bonds. The zero-order chi connectivity index (χ0) is 9.80. The fraction of sp³-hybridized carbons (Fsp3) is 0. The molecule has 2 aromatic heterocycles. The lowest BCUT2D eigenvalue weighted by molar-refractivity contribution is 1.49. The van der Waals surface area contributed by atoms with Crippen molar-refractivity contribution in [2.45, 2.75) is 0 Å². The number of rotatable bonds is 2. The van der Waals surface area contributed by atoms with Gasteiger partial charge in [0, 0.05) is 11.1 Å². The Balaban J connectivity index is 2.23. The number of hydrogen-bond acceptors (Lipinski definition) is 4. The summed E-state index contributed by atoms with van der Waals surface area (Å²) in [4.78, 5) is 5.36. The largest absolute Gasteiger partial charge is 0.243 e. The van der Waals surface area contributed by atoms with Crippen LogP contribution in [0.1, 0.15) is 10.4 Å². The summed E-state index contributed by atoms with van der Waals surface area (Å²) in [5, 5.41) is 13.4. The first-order chi connectivity index (χ1) is 6.90. The van der Waals surface area contributed by atoms with Crippen molar-refractivity contribution in [2.24, 2.45) is 4.99 Å². The van der Waals surface area contributed by atoms with Gasteiger partial charge >= 0.3 is 0 Å². The highest BCUT2D eigenvalue weighted by atomic mass is 32.1. The van der Waals surface area contributed by atoms with E-state index in [4.69, 9.17) is 5.26 Å². The van der Waals surface area contributed by atoms with E-state index in [9.17, 15) is 0 Å². The van der Waals surface area contributed by atoms with E-state index in [0.717, 1.165) is 9.88 Å². The Labute approximate surface area is 89.8 Å². The van der Waals surface area contributed by atoms with E-state index in [2.05, 4.69) is 11.1 Å². The monoisotopic (exact) mass is 218 g/mol. The molecule has 0 saturated heterocycles. The normalized spacial score (nSPS) is 10.5. The Kier molecular flexibility index (Phi) is 2.73. The van der Waals surface area contributed by atoms with Gasteiger partial charge in [-0.25, -0.2) is 4.99 Å². The van der Waals surface area contributed by atoms with E-state index in [1.54, 1.807) is 23.6 Å². The summed E-state index contributed by atoms with van der Waals surface area (Å²) in [5.41, 5.74) is 0.641. The first-order valence-electron chi connectivity index (χ1n) is 3.95. The maximum Gasteiger partial charge on any atom is 0.133 e. The van der Waals surface area contributed by atoms with Crippen LogP contribution in [0.4, 0.5) is 5.00 Å². The van der Waals surface area contributed by atoms with Gasteiger partial charge < -0.3 is 0 Å². The quantitative estimate of drug-likeness (QED) is 0.711. The molecule has 0 aliphatic carbocycles. The van der Waals surface area contributed by atoms with Crippen molar-refractivity contribution in [3.63, 3.8) is 0 Å². The molecule has 0 unspecified atom stereocenters. The summed E-state index contributed by atoms with van der Waals surface area (Å²) in [7, 11) is 0. The smallest absolute Gasteiger partial charge is 0.133 e. The van der Waals surface area contributed by atoms with Crippen molar-refractivity contribution in [1.29, 1.82) is 5.26 Å². The third-order valence-corrected chi connectivity index (χ3v) is 3.25. The number of thiophene rings is 2. The van der Waals surface area contributed by atoms with Gasteiger partial charge in [0.15, 0.2) is 0 Å². The first kappa shape index (κ1) is 9.13. The minimum atomic E-state index is 0.641. The van der Waals surface area contributed by atoms with Gasteiger partial charge in [-0.1, -0.05) is 6.07 Å².